The van der Waals surface area contributed by atoms with Crippen LogP contribution in [-0.2, 0) is 6.54 Å². The standard InChI is InChI=1S/C20H17N3O/c1-14-18(20(22)24)11-19(17-9-5-8-16(10-17)12-21)23(14)13-15-6-3-2-4-7-15/h2-11H,13H2,1H3,(H2,22,24). The van der Waals surface area contributed by atoms with E-state index in [1.54, 1.807) is 12.1 Å². The molecule has 0 fully saturated rings. The Hall–Kier alpha value is -3.32. The van der Waals surface area contributed by atoms with Gasteiger partial charge in [-0.05, 0) is 36.2 Å². The maximum Gasteiger partial charge on any atom is 0.250 e. The van der Waals surface area contributed by atoms with Crippen molar-refractivity contribution in [2.45, 2.75) is 13.5 Å². The number of carbonyl (C=O) groups is 1. The molecule has 0 unspecified atom stereocenters. The zero-order chi connectivity index (χ0) is 17.1. The van der Waals surface area contributed by atoms with Gasteiger partial charge in [0.1, 0.15) is 0 Å². The van der Waals surface area contributed by atoms with Gasteiger partial charge in [0, 0.05) is 17.9 Å². The average Bonchev–Trinajstić information content (AvgIpc) is 2.93. The summed E-state index contributed by atoms with van der Waals surface area (Å²) in [5, 5.41) is 9.13. The van der Waals surface area contributed by atoms with E-state index < -0.39 is 5.91 Å². The van der Waals surface area contributed by atoms with Crippen molar-refractivity contribution in [3.05, 3.63) is 83.0 Å². The molecule has 2 aromatic carbocycles. The molecule has 0 saturated heterocycles. The molecule has 0 radical (unpaired) electrons. The molecule has 3 aromatic rings. The molecule has 4 heteroatoms. The minimum atomic E-state index is -0.447. The number of primary amides is 1. The van der Waals surface area contributed by atoms with E-state index in [9.17, 15) is 4.79 Å². The first-order valence-electron chi connectivity index (χ1n) is 7.64. The molecule has 0 saturated carbocycles. The summed E-state index contributed by atoms with van der Waals surface area (Å²) in [7, 11) is 0. The minimum Gasteiger partial charge on any atom is -0.366 e. The van der Waals surface area contributed by atoms with Gasteiger partial charge in [0.15, 0.2) is 0 Å². The zero-order valence-electron chi connectivity index (χ0n) is 13.4. The molecule has 4 nitrogen and oxygen atoms in total. The van der Waals surface area contributed by atoms with Crippen LogP contribution in [0, 0.1) is 18.3 Å². The number of rotatable bonds is 4. The van der Waals surface area contributed by atoms with Gasteiger partial charge in [0.05, 0.1) is 17.2 Å². The van der Waals surface area contributed by atoms with Crippen molar-refractivity contribution in [1.29, 1.82) is 5.26 Å². The van der Waals surface area contributed by atoms with Crippen molar-refractivity contribution in [3.63, 3.8) is 0 Å². The number of nitriles is 1. The predicted octanol–water partition coefficient (Wildman–Crippen LogP) is 3.48. The van der Waals surface area contributed by atoms with E-state index in [1.165, 1.54) is 0 Å². The molecule has 2 N–H and O–H groups in total. The van der Waals surface area contributed by atoms with E-state index in [0.29, 0.717) is 17.7 Å². The fraction of sp³-hybridized carbons (Fsp3) is 0.100. The number of nitrogens with zero attached hydrogens (tertiary/aromatic N) is 2. The van der Waals surface area contributed by atoms with Crippen molar-refractivity contribution in [2.75, 3.05) is 0 Å². The Morgan fingerprint density at radius 3 is 2.54 bits per heavy atom. The maximum atomic E-state index is 11.8. The second-order valence-corrected chi connectivity index (χ2v) is 5.66. The van der Waals surface area contributed by atoms with Gasteiger partial charge in [-0.2, -0.15) is 5.26 Å². The van der Waals surface area contributed by atoms with Gasteiger partial charge >= 0.3 is 0 Å². The van der Waals surface area contributed by atoms with Gasteiger partial charge < -0.3 is 10.3 Å². The first-order chi connectivity index (χ1) is 11.6. The van der Waals surface area contributed by atoms with E-state index in [4.69, 9.17) is 11.0 Å². The summed E-state index contributed by atoms with van der Waals surface area (Å²) in [6.45, 7) is 2.52. The van der Waals surface area contributed by atoms with Crippen molar-refractivity contribution in [3.8, 4) is 17.3 Å². The van der Waals surface area contributed by atoms with Crippen LogP contribution in [0.4, 0.5) is 0 Å². The third kappa shape index (κ3) is 2.92. The maximum absolute atomic E-state index is 11.8. The summed E-state index contributed by atoms with van der Waals surface area (Å²) < 4.78 is 2.06. The number of amides is 1. The molecule has 1 amide bonds. The Kier molecular flexibility index (Phi) is 4.17. The molecule has 0 atom stereocenters. The van der Waals surface area contributed by atoms with E-state index >= 15 is 0 Å². The second-order valence-electron chi connectivity index (χ2n) is 5.66. The fourth-order valence-electron chi connectivity index (χ4n) is 2.85. The molecule has 118 valence electrons. The van der Waals surface area contributed by atoms with Crippen LogP contribution in [-0.4, -0.2) is 10.5 Å². The van der Waals surface area contributed by atoms with Crippen LogP contribution in [0.25, 0.3) is 11.3 Å². The monoisotopic (exact) mass is 315 g/mol. The fourth-order valence-corrected chi connectivity index (χ4v) is 2.85. The first kappa shape index (κ1) is 15.6. The lowest BCUT2D eigenvalue weighted by atomic mass is 10.1. The molecule has 24 heavy (non-hydrogen) atoms. The average molecular weight is 315 g/mol. The van der Waals surface area contributed by atoms with Gasteiger partial charge in [-0.3, -0.25) is 4.79 Å². The highest BCUT2D eigenvalue weighted by Crippen LogP contribution is 2.27. The van der Waals surface area contributed by atoms with Crippen molar-refractivity contribution < 1.29 is 4.79 Å². The van der Waals surface area contributed by atoms with Gasteiger partial charge in [-0.1, -0.05) is 42.5 Å². The number of hydrogen-bond acceptors (Lipinski definition) is 2. The summed E-state index contributed by atoms with van der Waals surface area (Å²) in [5.41, 5.74) is 10.3. The Morgan fingerprint density at radius 1 is 1.12 bits per heavy atom. The molecule has 0 aliphatic carbocycles. The summed E-state index contributed by atoms with van der Waals surface area (Å²) in [6, 6.07) is 21.3. The third-order valence-corrected chi connectivity index (χ3v) is 4.10. The Bertz CT molecular complexity index is 933. The highest BCUT2D eigenvalue weighted by atomic mass is 16.1. The van der Waals surface area contributed by atoms with Crippen LogP contribution in [0.15, 0.2) is 60.7 Å². The molecular formula is C20H17N3O. The molecule has 1 heterocycles. The summed E-state index contributed by atoms with van der Waals surface area (Å²) in [6.07, 6.45) is 0. The Balaban J connectivity index is 2.15. The van der Waals surface area contributed by atoms with Gasteiger partial charge in [-0.25, -0.2) is 0 Å². The lowest BCUT2D eigenvalue weighted by Gasteiger charge is -2.12. The van der Waals surface area contributed by atoms with Crippen molar-refractivity contribution in [1.82, 2.24) is 4.57 Å². The van der Waals surface area contributed by atoms with E-state index in [0.717, 1.165) is 22.5 Å². The summed E-state index contributed by atoms with van der Waals surface area (Å²) in [5.74, 6) is -0.447. The molecule has 1 aromatic heterocycles. The normalized spacial score (nSPS) is 10.3. The number of hydrogen-bond donors (Lipinski definition) is 1. The van der Waals surface area contributed by atoms with Crippen molar-refractivity contribution >= 4 is 5.91 Å². The number of carbonyl (C=O) groups excluding carboxylic acids is 1. The number of benzene rings is 2. The van der Waals surface area contributed by atoms with Crippen LogP contribution in [0.2, 0.25) is 0 Å². The third-order valence-electron chi connectivity index (χ3n) is 4.10. The summed E-state index contributed by atoms with van der Waals surface area (Å²) in [4.78, 5) is 11.8. The van der Waals surface area contributed by atoms with E-state index in [1.807, 2.05) is 55.5 Å². The zero-order valence-corrected chi connectivity index (χ0v) is 13.4. The van der Waals surface area contributed by atoms with E-state index in [2.05, 4.69) is 10.6 Å². The molecule has 0 spiro atoms. The van der Waals surface area contributed by atoms with Gasteiger partial charge in [-0.15, -0.1) is 0 Å². The molecule has 0 aliphatic rings. The lowest BCUT2D eigenvalue weighted by molar-refractivity contribution is 0.0999. The van der Waals surface area contributed by atoms with Crippen LogP contribution in [0.1, 0.15) is 27.2 Å². The minimum absolute atomic E-state index is 0.447. The molecule has 3 rings (SSSR count). The topological polar surface area (TPSA) is 71.8 Å². The molecule has 0 bridgehead atoms. The largest absolute Gasteiger partial charge is 0.366 e. The Labute approximate surface area is 140 Å². The second kappa shape index (κ2) is 6.43. The quantitative estimate of drug-likeness (QED) is 0.800. The van der Waals surface area contributed by atoms with Crippen LogP contribution >= 0.6 is 0 Å². The Morgan fingerprint density at radius 2 is 1.88 bits per heavy atom. The first-order valence-corrected chi connectivity index (χ1v) is 7.64. The van der Waals surface area contributed by atoms with Gasteiger partial charge in [0.2, 0.25) is 0 Å². The molecular weight excluding hydrogens is 298 g/mol. The smallest absolute Gasteiger partial charge is 0.250 e. The lowest BCUT2D eigenvalue weighted by Crippen LogP contribution is -2.12. The van der Waals surface area contributed by atoms with E-state index in [-0.39, 0.29) is 0 Å². The highest BCUT2D eigenvalue weighted by molar-refractivity contribution is 5.95. The van der Waals surface area contributed by atoms with Gasteiger partial charge in [0.25, 0.3) is 5.91 Å². The highest BCUT2D eigenvalue weighted by Gasteiger charge is 2.17. The predicted molar refractivity (Wildman–Crippen MR) is 93.4 cm³/mol. The van der Waals surface area contributed by atoms with Crippen molar-refractivity contribution in [2.24, 2.45) is 5.73 Å². The SMILES string of the molecule is Cc1c(C(N)=O)cc(-c2cccc(C#N)c2)n1Cc1ccccc1. The number of nitrogens with two attached hydrogens (primary N) is 1. The summed E-state index contributed by atoms with van der Waals surface area (Å²) >= 11 is 0. The molecule has 0 aliphatic heterocycles. The van der Waals surface area contributed by atoms with Crippen LogP contribution < -0.4 is 5.73 Å². The number of aromatic nitrogens is 1. The van der Waals surface area contributed by atoms with Crippen LogP contribution in [0.5, 0.6) is 0 Å². The van der Waals surface area contributed by atoms with Crippen LogP contribution in [0.3, 0.4) is 0 Å².